The van der Waals surface area contributed by atoms with Gasteiger partial charge in [-0.25, -0.2) is 9.59 Å². The number of ether oxygens (including phenoxy) is 3. The van der Waals surface area contributed by atoms with Crippen molar-refractivity contribution < 1.29 is 23.8 Å². The van der Waals surface area contributed by atoms with E-state index in [1.54, 1.807) is 19.1 Å². The summed E-state index contributed by atoms with van der Waals surface area (Å²) in [5, 5.41) is 11.2. The van der Waals surface area contributed by atoms with Crippen molar-refractivity contribution in [1.82, 2.24) is 5.32 Å². The number of carbonyl (C=O) groups excluding carboxylic acids is 2. The number of carbonyl (C=O) groups is 2. The highest BCUT2D eigenvalue weighted by atomic mass is 16.6. The van der Waals surface area contributed by atoms with E-state index in [4.69, 9.17) is 19.5 Å². The molecule has 0 fully saturated rings. The quantitative estimate of drug-likeness (QED) is 0.446. The topological polar surface area (TPSA) is 97.7 Å². The van der Waals surface area contributed by atoms with Crippen LogP contribution in [-0.4, -0.2) is 38.4 Å². The molecule has 0 bridgehead atoms. The van der Waals surface area contributed by atoms with Gasteiger partial charge in [0.15, 0.2) is 0 Å². The highest BCUT2D eigenvalue weighted by molar-refractivity contribution is 5.86. The third-order valence-electron chi connectivity index (χ3n) is 2.52. The molecule has 122 valence electrons. The minimum atomic E-state index is -0.619. The standard InChI is InChI=1S/C16H18N2O5/c1-12(2)15(19)22-10-9-21-8-7-18-16(20)23-14-5-3-13(11-17)4-6-14/h3-6H,1,7-10H2,2H3,(H,18,20). The summed E-state index contributed by atoms with van der Waals surface area (Å²) in [4.78, 5) is 22.6. The number of amides is 1. The van der Waals surface area contributed by atoms with Gasteiger partial charge in [0.1, 0.15) is 12.4 Å². The van der Waals surface area contributed by atoms with Gasteiger partial charge in [-0.05, 0) is 31.2 Å². The zero-order valence-electron chi connectivity index (χ0n) is 12.8. The third-order valence-corrected chi connectivity index (χ3v) is 2.52. The lowest BCUT2D eigenvalue weighted by atomic mass is 10.2. The van der Waals surface area contributed by atoms with Crippen molar-refractivity contribution in [1.29, 1.82) is 5.26 Å². The first-order valence-corrected chi connectivity index (χ1v) is 6.89. The van der Waals surface area contributed by atoms with Crippen molar-refractivity contribution in [3.8, 4) is 11.8 Å². The first kappa shape index (κ1) is 18.2. The Morgan fingerprint density at radius 1 is 1.22 bits per heavy atom. The van der Waals surface area contributed by atoms with Gasteiger partial charge in [0.2, 0.25) is 0 Å². The molecule has 0 atom stereocenters. The second-order valence-electron chi connectivity index (χ2n) is 4.48. The van der Waals surface area contributed by atoms with Crippen molar-refractivity contribution in [3.63, 3.8) is 0 Å². The number of benzene rings is 1. The monoisotopic (exact) mass is 318 g/mol. The molecule has 1 aromatic carbocycles. The molecule has 1 rings (SSSR count). The lowest BCUT2D eigenvalue weighted by Crippen LogP contribution is -2.30. The molecular formula is C16H18N2O5. The third kappa shape index (κ3) is 7.64. The van der Waals surface area contributed by atoms with Gasteiger partial charge in [-0.1, -0.05) is 6.58 Å². The second kappa shape index (κ2) is 9.97. The molecule has 7 heteroatoms. The first-order valence-electron chi connectivity index (χ1n) is 6.89. The summed E-state index contributed by atoms with van der Waals surface area (Å²) in [7, 11) is 0. The molecule has 0 unspecified atom stereocenters. The van der Waals surface area contributed by atoms with Gasteiger partial charge < -0.3 is 19.5 Å². The Balaban J connectivity index is 2.09. The van der Waals surface area contributed by atoms with Gasteiger partial charge in [-0.15, -0.1) is 0 Å². The Morgan fingerprint density at radius 2 is 1.91 bits per heavy atom. The Kier molecular flexibility index (Phi) is 7.89. The van der Waals surface area contributed by atoms with E-state index >= 15 is 0 Å². The van der Waals surface area contributed by atoms with Crippen molar-refractivity contribution >= 4 is 12.1 Å². The molecule has 1 amide bonds. The highest BCUT2D eigenvalue weighted by Crippen LogP contribution is 2.11. The van der Waals surface area contributed by atoms with Crippen molar-refractivity contribution in [2.75, 3.05) is 26.4 Å². The molecule has 0 saturated heterocycles. The van der Waals surface area contributed by atoms with Gasteiger partial charge in [0.25, 0.3) is 0 Å². The van der Waals surface area contributed by atoms with Crippen LogP contribution >= 0.6 is 0 Å². The molecule has 1 N–H and O–H groups in total. The molecule has 7 nitrogen and oxygen atoms in total. The van der Waals surface area contributed by atoms with Crippen LogP contribution in [0.25, 0.3) is 0 Å². The lowest BCUT2D eigenvalue weighted by Gasteiger charge is -2.08. The van der Waals surface area contributed by atoms with E-state index in [0.717, 1.165) is 0 Å². The fourth-order valence-electron chi connectivity index (χ4n) is 1.38. The smallest absolute Gasteiger partial charge is 0.412 e. The maximum absolute atomic E-state index is 11.5. The SMILES string of the molecule is C=C(C)C(=O)OCCOCCNC(=O)Oc1ccc(C#N)cc1. The van der Waals surface area contributed by atoms with Crippen LogP contribution in [0.5, 0.6) is 5.75 Å². The van der Waals surface area contributed by atoms with Crippen LogP contribution < -0.4 is 10.1 Å². The molecule has 1 aromatic rings. The minimum absolute atomic E-state index is 0.126. The molecule has 0 aromatic heterocycles. The van der Waals surface area contributed by atoms with Crippen LogP contribution in [0.15, 0.2) is 36.4 Å². The number of rotatable bonds is 8. The number of nitrogens with zero attached hydrogens (tertiary/aromatic N) is 1. The van der Waals surface area contributed by atoms with E-state index < -0.39 is 12.1 Å². The average Bonchev–Trinajstić information content (AvgIpc) is 2.54. The van der Waals surface area contributed by atoms with Crippen molar-refractivity contribution in [2.45, 2.75) is 6.92 Å². The molecule has 0 aliphatic heterocycles. The maximum atomic E-state index is 11.5. The molecule has 0 aliphatic carbocycles. The number of esters is 1. The largest absolute Gasteiger partial charge is 0.460 e. The van der Waals surface area contributed by atoms with Gasteiger partial charge in [0, 0.05) is 12.1 Å². The van der Waals surface area contributed by atoms with Crippen LogP contribution in [0.3, 0.4) is 0 Å². The van der Waals surface area contributed by atoms with Crippen LogP contribution in [-0.2, 0) is 14.3 Å². The predicted molar refractivity (Wildman–Crippen MR) is 81.8 cm³/mol. The molecule has 0 spiro atoms. The van der Waals surface area contributed by atoms with Gasteiger partial charge in [-0.2, -0.15) is 5.26 Å². The van der Waals surface area contributed by atoms with Crippen molar-refractivity contribution in [2.24, 2.45) is 0 Å². The average molecular weight is 318 g/mol. The Bertz CT molecular complexity index is 589. The second-order valence-corrected chi connectivity index (χ2v) is 4.48. The zero-order chi connectivity index (χ0) is 17.1. The summed E-state index contributed by atoms with van der Waals surface area (Å²) in [6.07, 6.45) is -0.619. The Labute approximate surface area is 134 Å². The molecule has 0 saturated carbocycles. The zero-order valence-corrected chi connectivity index (χ0v) is 12.8. The molecule has 0 heterocycles. The van der Waals surface area contributed by atoms with Crippen LogP contribution in [0.4, 0.5) is 4.79 Å². The van der Waals surface area contributed by atoms with E-state index in [2.05, 4.69) is 11.9 Å². The van der Waals surface area contributed by atoms with Gasteiger partial charge in [0.05, 0.1) is 24.8 Å². The van der Waals surface area contributed by atoms with E-state index in [1.165, 1.54) is 12.1 Å². The normalized spacial score (nSPS) is 9.57. The summed E-state index contributed by atoms with van der Waals surface area (Å²) >= 11 is 0. The van der Waals surface area contributed by atoms with Gasteiger partial charge in [-0.3, -0.25) is 0 Å². The number of hydrogen-bond acceptors (Lipinski definition) is 6. The van der Waals surface area contributed by atoms with E-state index in [1.807, 2.05) is 6.07 Å². The number of hydrogen-bond donors (Lipinski definition) is 1. The molecule has 23 heavy (non-hydrogen) atoms. The lowest BCUT2D eigenvalue weighted by molar-refractivity contribution is -0.140. The summed E-state index contributed by atoms with van der Waals surface area (Å²) < 4.78 is 15.0. The Hall–Kier alpha value is -2.85. The number of nitriles is 1. The number of nitrogens with one attached hydrogen (secondary N) is 1. The predicted octanol–water partition coefficient (Wildman–Crippen LogP) is 1.78. The maximum Gasteiger partial charge on any atom is 0.412 e. The Morgan fingerprint density at radius 3 is 2.52 bits per heavy atom. The summed E-state index contributed by atoms with van der Waals surface area (Å²) in [5.74, 6) is -0.119. The molecule has 0 aliphatic rings. The van der Waals surface area contributed by atoms with E-state index in [0.29, 0.717) is 16.9 Å². The van der Waals surface area contributed by atoms with Crippen LogP contribution in [0.2, 0.25) is 0 Å². The van der Waals surface area contributed by atoms with Crippen LogP contribution in [0, 0.1) is 11.3 Å². The fourth-order valence-corrected chi connectivity index (χ4v) is 1.38. The summed E-state index contributed by atoms with van der Waals surface area (Å²) in [5.41, 5.74) is 0.815. The first-order chi connectivity index (χ1) is 11.0. The highest BCUT2D eigenvalue weighted by Gasteiger charge is 2.04. The molecular weight excluding hydrogens is 300 g/mol. The van der Waals surface area contributed by atoms with Gasteiger partial charge >= 0.3 is 12.1 Å². The van der Waals surface area contributed by atoms with E-state index in [9.17, 15) is 9.59 Å². The molecule has 0 radical (unpaired) electrons. The summed E-state index contributed by atoms with van der Waals surface area (Å²) in [6, 6.07) is 8.14. The van der Waals surface area contributed by atoms with Crippen molar-refractivity contribution in [3.05, 3.63) is 42.0 Å². The van der Waals surface area contributed by atoms with Crippen LogP contribution in [0.1, 0.15) is 12.5 Å². The fraction of sp³-hybridized carbons (Fsp3) is 0.312. The van der Waals surface area contributed by atoms with E-state index in [-0.39, 0.29) is 26.4 Å². The minimum Gasteiger partial charge on any atom is -0.460 e. The summed E-state index contributed by atoms with van der Waals surface area (Å²) in [6.45, 7) is 5.88.